The minimum Gasteiger partial charge on any atom is -0.383 e. The maximum absolute atomic E-state index is 11.2. The van der Waals surface area contributed by atoms with Gasteiger partial charge in [-0.05, 0) is 24.1 Å². The van der Waals surface area contributed by atoms with Gasteiger partial charge < -0.3 is 15.0 Å². The summed E-state index contributed by atoms with van der Waals surface area (Å²) < 4.78 is 27.5. The van der Waals surface area contributed by atoms with Crippen LogP contribution in [0.5, 0.6) is 0 Å². The van der Waals surface area contributed by atoms with Crippen molar-refractivity contribution in [2.45, 2.75) is 13.5 Å². The van der Waals surface area contributed by atoms with Crippen molar-refractivity contribution in [1.82, 2.24) is 5.32 Å². The van der Waals surface area contributed by atoms with Crippen LogP contribution in [-0.2, 0) is 21.1 Å². The number of nitrogens with zero attached hydrogens (tertiary/aromatic N) is 1. The Labute approximate surface area is 128 Å². The summed E-state index contributed by atoms with van der Waals surface area (Å²) in [6.07, 6.45) is 1.27. The zero-order valence-electron chi connectivity index (χ0n) is 13.3. The number of methoxy groups -OCH3 is 1. The van der Waals surface area contributed by atoms with Gasteiger partial charge in [-0.15, -0.1) is 0 Å². The van der Waals surface area contributed by atoms with Crippen molar-refractivity contribution >= 4 is 15.5 Å². The molecule has 0 fully saturated rings. The molecule has 0 saturated heterocycles. The smallest absolute Gasteiger partial charge is 0.149 e. The van der Waals surface area contributed by atoms with Gasteiger partial charge in [0.1, 0.15) is 9.84 Å². The van der Waals surface area contributed by atoms with Crippen LogP contribution in [0.4, 0.5) is 5.69 Å². The van der Waals surface area contributed by atoms with Crippen LogP contribution in [0.3, 0.4) is 0 Å². The maximum Gasteiger partial charge on any atom is 0.149 e. The number of aryl methyl sites for hydroxylation is 1. The molecule has 0 aliphatic rings. The highest BCUT2D eigenvalue weighted by Gasteiger charge is 2.09. The number of anilines is 1. The zero-order chi connectivity index (χ0) is 15.9. The monoisotopic (exact) mass is 314 g/mol. The Morgan fingerprint density at radius 2 is 2.05 bits per heavy atom. The van der Waals surface area contributed by atoms with Gasteiger partial charge in [0.05, 0.1) is 12.4 Å². The highest BCUT2D eigenvalue weighted by molar-refractivity contribution is 7.90. The number of benzene rings is 1. The topological polar surface area (TPSA) is 58.6 Å². The Morgan fingerprint density at radius 1 is 1.33 bits per heavy atom. The van der Waals surface area contributed by atoms with Crippen molar-refractivity contribution in [2.24, 2.45) is 0 Å². The van der Waals surface area contributed by atoms with Crippen LogP contribution in [-0.4, -0.2) is 54.3 Å². The fourth-order valence-corrected chi connectivity index (χ4v) is 2.69. The summed E-state index contributed by atoms with van der Waals surface area (Å²) in [6, 6.07) is 6.25. The lowest BCUT2D eigenvalue weighted by Crippen LogP contribution is -2.25. The molecule has 1 aromatic rings. The third-order valence-electron chi connectivity index (χ3n) is 3.28. The van der Waals surface area contributed by atoms with Crippen LogP contribution < -0.4 is 10.2 Å². The molecule has 0 saturated carbocycles. The van der Waals surface area contributed by atoms with Crippen molar-refractivity contribution < 1.29 is 13.2 Å². The van der Waals surface area contributed by atoms with Crippen LogP contribution in [0, 0.1) is 6.92 Å². The van der Waals surface area contributed by atoms with E-state index in [0.29, 0.717) is 13.2 Å². The molecule has 1 aromatic carbocycles. The first-order valence-corrected chi connectivity index (χ1v) is 9.07. The van der Waals surface area contributed by atoms with Gasteiger partial charge in [-0.1, -0.05) is 12.1 Å². The van der Waals surface area contributed by atoms with E-state index in [9.17, 15) is 8.42 Å². The number of sulfone groups is 1. The van der Waals surface area contributed by atoms with Crippen molar-refractivity contribution in [3.05, 3.63) is 29.3 Å². The predicted octanol–water partition coefficient (Wildman–Crippen LogP) is 1.21. The minimum absolute atomic E-state index is 0.170. The average molecular weight is 314 g/mol. The number of nitrogens with one attached hydrogen (secondary N) is 1. The molecule has 1 rings (SSSR count). The highest BCUT2D eigenvalue weighted by Crippen LogP contribution is 2.20. The SMILES string of the molecule is COCCNCc1ccc(N(C)CCS(C)(=O)=O)c(C)c1. The van der Waals surface area contributed by atoms with E-state index in [0.717, 1.165) is 24.3 Å². The lowest BCUT2D eigenvalue weighted by Gasteiger charge is -2.21. The van der Waals surface area contributed by atoms with Gasteiger partial charge in [-0.25, -0.2) is 8.42 Å². The fourth-order valence-electron chi connectivity index (χ4n) is 2.09. The first kappa shape index (κ1) is 17.9. The molecule has 0 aliphatic heterocycles. The first-order chi connectivity index (χ1) is 9.83. The molecule has 6 heteroatoms. The average Bonchev–Trinajstić information content (AvgIpc) is 2.40. The number of rotatable bonds is 9. The highest BCUT2D eigenvalue weighted by atomic mass is 32.2. The normalized spacial score (nSPS) is 11.6. The van der Waals surface area contributed by atoms with Gasteiger partial charge in [0.15, 0.2) is 0 Å². The van der Waals surface area contributed by atoms with E-state index in [2.05, 4.69) is 17.4 Å². The van der Waals surface area contributed by atoms with Gasteiger partial charge in [-0.2, -0.15) is 0 Å². The van der Waals surface area contributed by atoms with Crippen LogP contribution in [0.25, 0.3) is 0 Å². The molecular weight excluding hydrogens is 288 g/mol. The molecule has 0 unspecified atom stereocenters. The number of ether oxygens (including phenoxy) is 1. The minimum atomic E-state index is -2.93. The second-order valence-electron chi connectivity index (χ2n) is 5.34. The summed E-state index contributed by atoms with van der Waals surface area (Å²) >= 11 is 0. The molecule has 120 valence electrons. The van der Waals surface area contributed by atoms with Gasteiger partial charge in [-0.3, -0.25) is 0 Å². The summed E-state index contributed by atoms with van der Waals surface area (Å²) in [5.41, 5.74) is 3.43. The van der Waals surface area contributed by atoms with Crippen molar-refractivity contribution in [2.75, 3.05) is 50.8 Å². The summed E-state index contributed by atoms with van der Waals surface area (Å²) in [5, 5.41) is 3.31. The van der Waals surface area contributed by atoms with Gasteiger partial charge >= 0.3 is 0 Å². The second-order valence-corrected chi connectivity index (χ2v) is 7.60. The van der Waals surface area contributed by atoms with Crippen molar-refractivity contribution in [3.8, 4) is 0 Å². The van der Waals surface area contributed by atoms with E-state index in [-0.39, 0.29) is 5.75 Å². The van der Waals surface area contributed by atoms with Gasteiger partial charge in [0.25, 0.3) is 0 Å². The van der Waals surface area contributed by atoms with E-state index in [4.69, 9.17) is 4.74 Å². The van der Waals surface area contributed by atoms with Crippen LogP contribution >= 0.6 is 0 Å². The zero-order valence-corrected chi connectivity index (χ0v) is 14.2. The fraction of sp³-hybridized carbons (Fsp3) is 0.600. The van der Waals surface area contributed by atoms with Gasteiger partial charge in [0, 0.05) is 45.7 Å². The Kier molecular flexibility index (Phi) is 7.14. The van der Waals surface area contributed by atoms with E-state index in [1.165, 1.54) is 11.8 Å². The Balaban J connectivity index is 2.60. The molecule has 5 nitrogen and oxygen atoms in total. The molecule has 0 aliphatic carbocycles. The Bertz CT molecular complexity index is 544. The third-order valence-corrected chi connectivity index (χ3v) is 4.21. The Morgan fingerprint density at radius 3 is 2.62 bits per heavy atom. The first-order valence-electron chi connectivity index (χ1n) is 7.01. The lowest BCUT2D eigenvalue weighted by molar-refractivity contribution is 0.199. The molecule has 0 amide bonds. The molecule has 0 atom stereocenters. The van der Waals surface area contributed by atoms with Crippen LogP contribution in [0.2, 0.25) is 0 Å². The van der Waals surface area contributed by atoms with E-state index < -0.39 is 9.84 Å². The quantitative estimate of drug-likeness (QED) is 0.694. The molecule has 1 N–H and O–H groups in total. The largest absolute Gasteiger partial charge is 0.383 e. The molecule has 0 radical (unpaired) electrons. The molecular formula is C15H26N2O3S. The molecule has 0 bridgehead atoms. The molecule has 0 aromatic heterocycles. The lowest BCUT2D eigenvalue weighted by atomic mass is 10.1. The predicted molar refractivity (Wildman–Crippen MR) is 87.7 cm³/mol. The molecule has 21 heavy (non-hydrogen) atoms. The van der Waals surface area contributed by atoms with Gasteiger partial charge in [0.2, 0.25) is 0 Å². The molecule has 0 spiro atoms. The molecule has 0 heterocycles. The summed E-state index contributed by atoms with van der Waals surface area (Å²) in [7, 11) is 0.679. The standard InChI is InChI=1S/C15H26N2O3S/c1-13-11-14(12-16-7-9-20-3)5-6-15(13)17(2)8-10-21(4,18)19/h5-6,11,16H,7-10,12H2,1-4H3. The summed E-state index contributed by atoms with van der Waals surface area (Å²) in [6.45, 7) is 4.88. The number of hydrogen-bond donors (Lipinski definition) is 1. The van der Waals surface area contributed by atoms with E-state index in [1.807, 2.05) is 24.9 Å². The van der Waals surface area contributed by atoms with E-state index in [1.54, 1.807) is 7.11 Å². The second kappa shape index (κ2) is 8.36. The maximum atomic E-state index is 11.2. The van der Waals surface area contributed by atoms with E-state index >= 15 is 0 Å². The Hall–Kier alpha value is -1.11. The third kappa shape index (κ3) is 6.93. The summed E-state index contributed by atoms with van der Waals surface area (Å²) in [4.78, 5) is 1.98. The van der Waals surface area contributed by atoms with Crippen molar-refractivity contribution in [1.29, 1.82) is 0 Å². The van der Waals surface area contributed by atoms with Crippen LogP contribution in [0.1, 0.15) is 11.1 Å². The van der Waals surface area contributed by atoms with Crippen molar-refractivity contribution in [3.63, 3.8) is 0 Å². The summed E-state index contributed by atoms with van der Waals surface area (Å²) in [5.74, 6) is 0.170. The number of hydrogen-bond acceptors (Lipinski definition) is 5. The van der Waals surface area contributed by atoms with Crippen LogP contribution in [0.15, 0.2) is 18.2 Å².